The third-order valence-corrected chi connectivity index (χ3v) is 8.70. The van der Waals surface area contributed by atoms with Crippen molar-refractivity contribution in [3.8, 4) is 22.5 Å². The van der Waals surface area contributed by atoms with Crippen LogP contribution in [0.4, 0.5) is 0 Å². The van der Waals surface area contributed by atoms with E-state index in [4.69, 9.17) is 0 Å². The van der Waals surface area contributed by atoms with Crippen LogP contribution in [0.5, 0.6) is 0 Å². The molecule has 0 aliphatic carbocycles. The summed E-state index contributed by atoms with van der Waals surface area (Å²) in [5.41, 5.74) is 9.70. The average Bonchev–Trinajstić information content (AvgIpc) is 3.57. The van der Waals surface area contributed by atoms with Crippen LogP contribution in [0.15, 0.2) is 158 Å². The molecule has 0 saturated carbocycles. The molecule has 7 aromatic carbocycles. The van der Waals surface area contributed by atoms with Gasteiger partial charge in [-0.05, 0) is 65.0 Å². The van der Waals surface area contributed by atoms with Gasteiger partial charge in [-0.25, -0.2) is 0 Å². The van der Waals surface area contributed by atoms with E-state index in [0.29, 0.717) is 0 Å². The van der Waals surface area contributed by atoms with Crippen LogP contribution < -0.4 is 0 Å². The zero-order valence-corrected chi connectivity index (χ0v) is 22.9. The van der Waals surface area contributed by atoms with Crippen LogP contribution in [0.2, 0.25) is 0 Å². The lowest BCUT2D eigenvalue weighted by molar-refractivity contribution is 1.18. The van der Waals surface area contributed by atoms with Crippen molar-refractivity contribution in [2.24, 2.45) is 0 Å². The zero-order chi connectivity index (χ0) is 27.6. The van der Waals surface area contributed by atoms with Gasteiger partial charge in [0.1, 0.15) is 0 Å². The van der Waals surface area contributed by atoms with Gasteiger partial charge in [-0.15, -0.1) is 0 Å². The van der Waals surface area contributed by atoms with Crippen LogP contribution >= 0.6 is 0 Å². The number of aromatic nitrogens is 2. The van der Waals surface area contributed by atoms with Crippen LogP contribution in [-0.4, -0.2) is 9.13 Å². The van der Waals surface area contributed by atoms with Crippen molar-refractivity contribution in [3.05, 3.63) is 158 Å². The molecule has 0 amide bonds. The molecule has 0 spiro atoms. The number of para-hydroxylation sites is 3. The van der Waals surface area contributed by atoms with E-state index in [-0.39, 0.29) is 0 Å². The number of fused-ring (bicyclic) bond motifs is 7. The molecular formula is C40H26N2. The molecule has 2 aromatic heterocycles. The van der Waals surface area contributed by atoms with Gasteiger partial charge in [-0.3, -0.25) is 0 Å². The minimum Gasteiger partial charge on any atom is -0.309 e. The largest absolute Gasteiger partial charge is 0.309 e. The van der Waals surface area contributed by atoms with Crippen molar-refractivity contribution < 1.29 is 0 Å². The first-order valence-electron chi connectivity index (χ1n) is 14.5. The SMILES string of the molecule is c1ccc(-n2c3ccccc3c3cc(-c4ccc5c6ccccc6n(-c6cccc7ccccc67)c5c4)ccc32)cc1. The Morgan fingerprint density at radius 1 is 0.310 bits per heavy atom. The van der Waals surface area contributed by atoms with Crippen molar-refractivity contribution in [2.75, 3.05) is 0 Å². The van der Waals surface area contributed by atoms with Gasteiger partial charge in [0, 0.05) is 32.6 Å². The maximum atomic E-state index is 2.44. The Hall–Kier alpha value is -5.60. The fraction of sp³-hybridized carbons (Fsp3) is 0. The molecule has 42 heavy (non-hydrogen) atoms. The van der Waals surface area contributed by atoms with Gasteiger partial charge >= 0.3 is 0 Å². The summed E-state index contributed by atoms with van der Waals surface area (Å²) in [6.45, 7) is 0. The summed E-state index contributed by atoms with van der Waals surface area (Å²) in [4.78, 5) is 0. The van der Waals surface area contributed by atoms with Crippen molar-refractivity contribution in [2.45, 2.75) is 0 Å². The summed E-state index contributed by atoms with van der Waals surface area (Å²) in [6.07, 6.45) is 0. The van der Waals surface area contributed by atoms with E-state index in [9.17, 15) is 0 Å². The van der Waals surface area contributed by atoms with E-state index >= 15 is 0 Å². The third-order valence-electron chi connectivity index (χ3n) is 8.70. The third kappa shape index (κ3) is 3.33. The Bertz CT molecular complexity index is 2450. The van der Waals surface area contributed by atoms with Crippen LogP contribution in [0.3, 0.4) is 0 Å². The molecule has 0 atom stereocenters. The molecule has 196 valence electrons. The maximum absolute atomic E-state index is 2.44. The molecular weight excluding hydrogens is 508 g/mol. The number of hydrogen-bond donors (Lipinski definition) is 0. The van der Waals surface area contributed by atoms with Crippen molar-refractivity contribution in [3.63, 3.8) is 0 Å². The van der Waals surface area contributed by atoms with E-state index in [1.807, 2.05) is 0 Å². The molecule has 0 fully saturated rings. The average molecular weight is 535 g/mol. The second-order valence-corrected chi connectivity index (χ2v) is 11.0. The van der Waals surface area contributed by atoms with Crippen LogP contribution in [-0.2, 0) is 0 Å². The highest BCUT2D eigenvalue weighted by Gasteiger charge is 2.16. The molecule has 0 saturated heterocycles. The molecule has 9 rings (SSSR count). The van der Waals surface area contributed by atoms with Gasteiger partial charge in [-0.1, -0.05) is 109 Å². The van der Waals surface area contributed by atoms with Crippen molar-refractivity contribution >= 4 is 54.4 Å². The van der Waals surface area contributed by atoms with E-state index in [2.05, 4.69) is 167 Å². The summed E-state index contributed by atoms with van der Waals surface area (Å²) in [5, 5.41) is 7.57. The van der Waals surface area contributed by atoms with Gasteiger partial charge in [0.25, 0.3) is 0 Å². The Labute approximate surface area is 243 Å². The Balaban J connectivity index is 1.31. The van der Waals surface area contributed by atoms with Gasteiger partial charge in [0.05, 0.1) is 27.8 Å². The summed E-state index contributed by atoms with van der Waals surface area (Å²) < 4.78 is 4.81. The minimum atomic E-state index is 1.18. The van der Waals surface area contributed by atoms with E-state index in [1.54, 1.807) is 0 Å². The van der Waals surface area contributed by atoms with Gasteiger partial charge in [0.15, 0.2) is 0 Å². The Morgan fingerprint density at radius 2 is 0.881 bits per heavy atom. The van der Waals surface area contributed by atoms with E-state index in [0.717, 1.165) is 0 Å². The molecule has 0 unspecified atom stereocenters. The number of hydrogen-bond acceptors (Lipinski definition) is 0. The first-order valence-corrected chi connectivity index (χ1v) is 14.5. The van der Waals surface area contributed by atoms with Gasteiger partial charge in [0.2, 0.25) is 0 Å². The predicted octanol–water partition coefficient (Wildman–Crippen LogP) is 10.7. The van der Waals surface area contributed by atoms with E-state index in [1.165, 1.54) is 76.9 Å². The Morgan fingerprint density at radius 3 is 1.71 bits per heavy atom. The second kappa shape index (κ2) is 8.95. The van der Waals surface area contributed by atoms with Gasteiger partial charge in [-0.2, -0.15) is 0 Å². The highest BCUT2D eigenvalue weighted by atomic mass is 15.0. The first kappa shape index (κ1) is 23.1. The lowest BCUT2D eigenvalue weighted by Gasteiger charge is -2.12. The van der Waals surface area contributed by atoms with Crippen LogP contribution in [0, 0.1) is 0 Å². The van der Waals surface area contributed by atoms with Crippen LogP contribution in [0.1, 0.15) is 0 Å². The highest BCUT2D eigenvalue weighted by Crippen LogP contribution is 2.39. The minimum absolute atomic E-state index is 1.18. The fourth-order valence-corrected chi connectivity index (χ4v) is 6.82. The normalized spacial score (nSPS) is 11.8. The lowest BCUT2D eigenvalue weighted by atomic mass is 10.0. The monoisotopic (exact) mass is 534 g/mol. The zero-order valence-electron chi connectivity index (χ0n) is 22.9. The lowest BCUT2D eigenvalue weighted by Crippen LogP contribution is -1.95. The standard InChI is InChI=1S/C40H26N2/c1-2-13-30(14-3-1)41-37-18-8-7-17-33(37)35-25-28(22-24-39(35)41)29-21-23-34-32-16-6-9-19-38(32)42(40(34)26-29)36-20-10-12-27-11-4-5-15-31(27)36/h1-26H. The molecule has 0 aliphatic heterocycles. The topological polar surface area (TPSA) is 9.86 Å². The molecule has 2 heteroatoms. The maximum Gasteiger partial charge on any atom is 0.0547 e. The molecule has 2 heterocycles. The quantitative estimate of drug-likeness (QED) is 0.213. The molecule has 0 aliphatic rings. The van der Waals surface area contributed by atoms with Crippen molar-refractivity contribution in [1.29, 1.82) is 0 Å². The number of benzene rings is 7. The summed E-state index contributed by atoms with van der Waals surface area (Å²) >= 11 is 0. The van der Waals surface area contributed by atoms with Gasteiger partial charge < -0.3 is 9.13 Å². The fourth-order valence-electron chi connectivity index (χ4n) is 6.82. The summed E-state index contributed by atoms with van der Waals surface area (Å²) in [5.74, 6) is 0. The highest BCUT2D eigenvalue weighted by molar-refractivity contribution is 6.13. The molecule has 0 radical (unpaired) electrons. The predicted molar refractivity (Wildman–Crippen MR) is 178 cm³/mol. The van der Waals surface area contributed by atoms with E-state index < -0.39 is 0 Å². The number of rotatable bonds is 3. The second-order valence-electron chi connectivity index (χ2n) is 11.0. The number of nitrogens with zero attached hydrogens (tertiary/aromatic N) is 2. The van der Waals surface area contributed by atoms with Crippen molar-refractivity contribution in [1.82, 2.24) is 9.13 Å². The molecule has 0 N–H and O–H groups in total. The molecule has 9 aromatic rings. The molecule has 2 nitrogen and oxygen atoms in total. The smallest absolute Gasteiger partial charge is 0.0547 e. The molecule has 0 bridgehead atoms. The Kier molecular flexibility index (Phi) is 4.93. The summed E-state index contributed by atoms with van der Waals surface area (Å²) in [7, 11) is 0. The first-order chi connectivity index (χ1) is 20.8. The van der Waals surface area contributed by atoms with Crippen LogP contribution in [0.25, 0.3) is 76.9 Å². The summed E-state index contributed by atoms with van der Waals surface area (Å²) in [6, 6.07) is 57.2.